The molecule has 1 aliphatic rings. The second kappa shape index (κ2) is 7.16. The van der Waals surface area contributed by atoms with Crippen LogP contribution in [0.2, 0.25) is 0 Å². The first-order valence-corrected chi connectivity index (χ1v) is 7.58. The zero-order valence-electron chi connectivity index (χ0n) is 14.3. The first kappa shape index (κ1) is 24.5. The molecule has 1 amide bonds. The van der Waals surface area contributed by atoms with Gasteiger partial charge in [0.15, 0.2) is 5.84 Å². The molecular weight excluding hydrogens is 468 g/mol. The lowest BCUT2D eigenvalue weighted by Gasteiger charge is -2.39. The molecule has 0 unspecified atom stereocenters. The van der Waals surface area contributed by atoms with E-state index in [0.29, 0.717) is 0 Å². The van der Waals surface area contributed by atoms with Crippen LogP contribution in [0.3, 0.4) is 0 Å². The Labute approximate surface area is 163 Å². The molecule has 0 saturated heterocycles. The Morgan fingerprint density at radius 2 is 1.23 bits per heavy atom. The minimum absolute atomic E-state index is 0.399. The van der Waals surface area contributed by atoms with Crippen LogP contribution in [0.4, 0.5) is 52.7 Å². The van der Waals surface area contributed by atoms with Crippen molar-refractivity contribution in [2.75, 3.05) is 0 Å². The van der Waals surface area contributed by atoms with Gasteiger partial charge in [0.25, 0.3) is 11.4 Å². The van der Waals surface area contributed by atoms with E-state index in [2.05, 4.69) is 0 Å². The van der Waals surface area contributed by atoms with Crippen LogP contribution in [-0.2, 0) is 0 Å². The third kappa shape index (κ3) is 3.85. The lowest BCUT2D eigenvalue weighted by atomic mass is 9.95. The maximum atomic E-state index is 13.4. The molecule has 31 heavy (non-hydrogen) atoms. The lowest BCUT2D eigenvalue weighted by molar-refractivity contribution is -0.333. The third-order valence-electron chi connectivity index (χ3n) is 4.00. The number of aliphatic imine (C=N–C) groups is 1. The van der Waals surface area contributed by atoms with E-state index in [-0.39, 0.29) is 0 Å². The first-order valence-electron chi connectivity index (χ1n) is 7.58. The highest BCUT2D eigenvalue weighted by Gasteiger charge is 2.86. The minimum atomic E-state index is -6.81. The summed E-state index contributed by atoms with van der Waals surface area (Å²) < 4.78 is 159. The molecule has 1 aromatic rings. The first-order chi connectivity index (χ1) is 13.8. The standard InChI is InChI=1S/C14H8F12N4O/c15-11(16,17)9(12(18,19)20)8(29-28-7(31)6-4-2-1-3-5-6)27-10(30-9,13(21,22)23)14(24,25)26/h1-5,30H,(H,27,29)(H,28,31). The van der Waals surface area contributed by atoms with Crippen LogP contribution in [0.1, 0.15) is 10.4 Å². The van der Waals surface area contributed by atoms with Crippen LogP contribution >= 0.6 is 0 Å². The van der Waals surface area contributed by atoms with E-state index >= 15 is 0 Å². The quantitative estimate of drug-likeness (QED) is 0.429. The van der Waals surface area contributed by atoms with Gasteiger partial charge in [-0.25, -0.2) is 10.3 Å². The molecule has 3 N–H and O–H groups in total. The van der Waals surface area contributed by atoms with Gasteiger partial charge in [-0.15, -0.1) is 0 Å². The van der Waals surface area contributed by atoms with Crippen molar-refractivity contribution in [1.29, 1.82) is 0 Å². The van der Waals surface area contributed by atoms with Crippen LogP contribution in [0.15, 0.2) is 35.3 Å². The second-order valence-electron chi connectivity index (χ2n) is 5.98. The van der Waals surface area contributed by atoms with Crippen molar-refractivity contribution in [2.24, 2.45) is 4.99 Å². The Kier molecular flexibility index (Phi) is 5.67. The van der Waals surface area contributed by atoms with E-state index in [1.54, 1.807) is 4.99 Å². The zero-order valence-corrected chi connectivity index (χ0v) is 14.3. The molecule has 0 bridgehead atoms. The van der Waals surface area contributed by atoms with E-state index < -0.39 is 58.5 Å². The number of nitrogens with one attached hydrogen (secondary N) is 3. The molecule has 0 aliphatic carbocycles. The van der Waals surface area contributed by atoms with Gasteiger partial charge in [0, 0.05) is 5.56 Å². The molecule has 5 nitrogen and oxygen atoms in total. The van der Waals surface area contributed by atoms with Gasteiger partial charge in [0.2, 0.25) is 0 Å². The predicted octanol–water partition coefficient (Wildman–Crippen LogP) is 3.61. The summed E-state index contributed by atoms with van der Waals surface area (Å²) in [6.45, 7) is 0. The van der Waals surface area contributed by atoms with Gasteiger partial charge in [-0.05, 0) is 12.1 Å². The van der Waals surface area contributed by atoms with Gasteiger partial charge in [-0.2, -0.15) is 52.7 Å². The number of hydrazine groups is 1. The van der Waals surface area contributed by atoms with Crippen molar-refractivity contribution < 1.29 is 57.5 Å². The fourth-order valence-electron chi connectivity index (χ4n) is 2.51. The van der Waals surface area contributed by atoms with Crippen LogP contribution in [0.5, 0.6) is 0 Å². The summed E-state index contributed by atoms with van der Waals surface area (Å²) in [5.41, 5.74) is -10.3. The van der Waals surface area contributed by atoms with Crippen molar-refractivity contribution in [2.45, 2.75) is 35.9 Å². The molecule has 0 radical (unpaired) electrons. The number of carbonyl (C=O) groups excluding carboxylic acids is 1. The summed E-state index contributed by atoms with van der Waals surface area (Å²) >= 11 is 0. The summed E-state index contributed by atoms with van der Waals surface area (Å²) in [6.07, 6.45) is -27.2. The molecule has 0 saturated carbocycles. The molecule has 2 rings (SSSR count). The molecule has 1 heterocycles. The van der Waals surface area contributed by atoms with E-state index in [0.717, 1.165) is 17.6 Å². The van der Waals surface area contributed by atoms with Crippen LogP contribution in [0.25, 0.3) is 0 Å². The van der Waals surface area contributed by atoms with Gasteiger partial charge in [0.1, 0.15) is 0 Å². The number of alkyl halides is 12. The fraction of sp³-hybridized carbons (Fsp3) is 0.429. The van der Waals surface area contributed by atoms with Crippen LogP contribution in [-0.4, -0.2) is 47.6 Å². The van der Waals surface area contributed by atoms with E-state index in [4.69, 9.17) is 0 Å². The smallest absolute Gasteiger partial charge is 0.283 e. The summed E-state index contributed by atoms with van der Waals surface area (Å²) in [6, 6.07) is 5.77. The van der Waals surface area contributed by atoms with Gasteiger partial charge in [-0.1, -0.05) is 18.2 Å². The van der Waals surface area contributed by atoms with Gasteiger partial charge in [0.05, 0.1) is 0 Å². The number of rotatable bonds is 1. The molecule has 1 aliphatic heterocycles. The third-order valence-corrected chi connectivity index (χ3v) is 4.00. The largest absolute Gasteiger partial charge is 0.436 e. The molecule has 0 fully saturated rings. The average Bonchev–Trinajstić information content (AvgIpc) is 2.98. The Morgan fingerprint density at radius 1 is 0.774 bits per heavy atom. The normalized spacial score (nSPS) is 19.0. The van der Waals surface area contributed by atoms with Crippen molar-refractivity contribution in [1.82, 2.24) is 16.2 Å². The number of amidine groups is 1. The van der Waals surface area contributed by atoms with Crippen LogP contribution < -0.4 is 16.2 Å². The Balaban J connectivity index is 2.65. The molecule has 0 aromatic heterocycles. The maximum absolute atomic E-state index is 13.4. The number of hydrogen-bond donors (Lipinski definition) is 3. The Morgan fingerprint density at radius 3 is 1.61 bits per heavy atom. The van der Waals surface area contributed by atoms with Crippen molar-refractivity contribution in [3.05, 3.63) is 35.9 Å². The van der Waals surface area contributed by atoms with E-state index in [9.17, 15) is 57.5 Å². The fourth-order valence-corrected chi connectivity index (χ4v) is 2.51. The molecule has 174 valence electrons. The topological polar surface area (TPSA) is 65.5 Å². The summed E-state index contributed by atoms with van der Waals surface area (Å²) in [7, 11) is 0. The summed E-state index contributed by atoms with van der Waals surface area (Å²) in [4.78, 5) is 13.5. The van der Waals surface area contributed by atoms with Crippen molar-refractivity contribution >= 4 is 11.7 Å². The number of amides is 1. The van der Waals surface area contributed by atoms with E-state index in [1.807, 2.05) is 0 Å². The highest BCUT2D eigenvalue weighted by molar-refractivity contribution is 6.00. The molecule has 0 atom stereocenters. The highest BCUT2D eigenvalue weighted by Crippen LogP contribution is 2.54. The van der Waals surface area contributed by atoms with Gasteiger partial charge in [-0.3, -0.25) is 15.6 Å². The molecule has 0 spiro atoms. The second-order valence-corrected chi connectivity index (χ2v) is 5.98. The monoisotopic (exact) mass is 476 g/mol. The minimum Gasteiger partial charge on any atom is -0.283 e. The van der Waals surface area contributed by atoms with Crippen molar-refractivity contribution in [3.8, 4) is 0 Å². The average molecular weight is 476 g/mol. The maximum Gasteiger partial charge on any atom is 0.436 e. The molecular formula is C14H8F12N4O. The number of hydrogen-bond acceptors (Lipinski definition) is 4. The number of nitrogens with zero attached hydrogens (tertiary/aromatic N) is 1. The van der Waals surface area contributed by atoms with Gasteiger partial charge < -0.3 is 0 Å². The molecule has 17 heteroatoms. The highest BCUT2D eigenvalue weighted by atomic mass is 19.4. The summed E-state index contributed by atoms with van der Waals surface area (Å²) in [5.74, 6) is -4.38. The van der Waals surface area contributed by atoms with Crippen LogP contribution in [0, 0.1) is 0 Å². The van der Waals surface area contributed by atoms with E-state index in [1.165, 1.54) is 23.6 Å². The Bertz CT molecular complexity index is 825. The lowest BCUT2D eigenvalue weighted by Crippen LogP contribution is -2.77. The zero-order chi connectivity index (χ0) is 24.1. The van der Waals surface area contributed by atoms with Crippen molar-refractivity contribution in [3.63, 3.8) is 0 Å². The summed E-state index contributed by atoms with van der Waals surface area (Å²) in [5, 5.41) is -0.426. The number of carbonyl (C=O) groups is 1. The Hall–Kier alpha value is -2.72. The number of halogens is 12. The number of benzene rings is 1. The SMILES string of the molecule is O=C(NNC1=NC(C(F)(F)F)(C(F)(F)F)NC1(C(F)(F)F)C(F)(F)F)c1ccccc1. The molecule has 1 aromatic carbocycles. The van der Waals surface area contributed by atoms with Gasteiger partial charge >= 0.3 is 30.4 Å². The predicted molar refractivity (Wildman–Crippen MR) is 77.3 cm³/mol.